The van der Waals surface area contributed by atoms with Crippen molar-refractivity contribution >= 4 is 21.5 Å². The molecule has 178 valence electrons. The molecule has 0 unspecified atom stereocenters. The van der Waals surface area contributed by atoms with E-state index < -0.39 is 10.0 Å². The molecule has 2 aliphatic rings. The zero-order valence-corrected chi connectivity index (χ0v) is 20.4. The zero-order valence-electron chi connectivity index (χ0n) is 19.6. The van der Waals surface area contributed by atoms with Gasteiger partial charge in [0.1, 0.15) is 11.9 Å². The Kier molecular flexibility index (Phi) is 7.10. The summed E-state index contributed by atoms with van der Waals surface area (Å²) in [6.07, 6.45) is 2.74. The lowest BCUT2D eigenvalue weighted by Gasteiger charge is -2.34. The Morgan fingerprint density at radius 3 is 2.39 bits per heavy atom. The maximum atomic E-state index is 13.7. The van der Waals surface area contributed by atoms with Gasteiger partial charge in [0.2, 0.25) is 0 Å². The van der Waals surface area contributed by atoms with Crippen molar-refractivity contribution in [2.45, 2.75) is 57.5 Å². The second kappa shape index (κ2) is 9.85. The molecule has 0 N–H and O–H groups in total. The van der Waals surface area contributed by atoms with Gasteiger partial charge in [0, 0.05) is 32.1 Å². The van der Waals surface area contributed by atoms with Crippen LogP contribution in [0.5, 0.6) is 5.75 Å². The highest BCUT2D eigenvalue weighted by Gasteiger charge is 2.35. The number of rotatable bonds is 7. The Hall–Kier alpha value is -2.38. The van der Waals surface area contributed by atoms with Crippen molar-refractivity contribution in [2.75, 3.05) is 24.1 Å². The van der Waals surface area contributed by atoms with Crippen LogP contribution in [0.2, 0.25) is 0 Å². The summed E-state index contributed by atoms with van der Waals surface area (Å²) >= 11 is 0. The summed E-state index contributed by atoms with van der Waals surface area (Å²) in [4.78, 5) is 13.1. The van der Waals surface area contributed by atoms with E-state index in [1.165, 1.54) is 10.4 Å². The van der Waals surface area contributed by atoms with Gasteiger partial charge in [-0.3, -0.25) is 9.10 Å². The smallest absolute Gasteiger partial charge is 0.264 e. The summed E-state index contributed by atoms with van der Waals surface area (Å²) in [5.74, 6) is 0.831. The summed E-state index contributed by atoms with van der Waals surface area (Å²) in [6.45, 7) is 7.77. The molecule has 0 saturated carbocycles. The molecule has 0 aliphatic carbocycles. The minimum atomic E-state index is -3.85. The standard InChI is InChI=1S/C26H33NO5S/c1-4-19-5-7-21(8-6-19)27(17-18(2)3)33(29,30)22-9-10-25-23(15-22)24(28)16-26(32-25)20-11-13-31-14-12-20/h5-10,15,18,20,26H,4,11-14,16-17H2,1-3H3/t26-/m0/s1. The number of hydrogen-bond donors (Lipinski definition) is 0. The second-order valence-electron chi connectivity index (χ2n) is 9.34. The number of nitrogens with zero attached hydrogens (tertiary/aromatic N) is 1. The highest BCUT2D eigenvalue weighted by Crippen LogP contribution is 2.36. The number of anilines is 1. The van der Waals surface area contributed by atoms with Gasteiger partial charge in [-0.1, -0.05) is 32.9 Å². The maximum Gasteiger partial charge on any atom is 0.264 e. The molecule has 0 radical (unpaired) electrons. The van der Waals surface area contributed by atoms with Gasteiger partial charge in [0.05, 0.1) is 16.1 Å². The van der Waals surface area contributed by atoms with E-state index in [0.29, 0.717) is 36.8 Å². The number of aryl methyl sites for hydroxylation is 1. The first-order valence-corrected chi connectivity index (χ1v) is 13.3. The first kappa shape index (κ1) is 23.8. The van der Waals surface area contributed by atoms with Crippen molar-refractivity contribution in [3.8, 4) is 5.75 Å². The monoisotopic (exact) mass is 471 g/mol. The van der Waals surface area contributed by atoms with Gasteiger partial charge >= 0.3 is 0 Å². The van der Waals surface area contributed by atoms with Gasteiger partial charge < -0.3 is 9.47 Å². The molecule has 2 aromatic rings. The molecule has 4 rings (SSSR count). The van der Waals surface area contributed by atoms with Gasteiger partial charge in [-0.25, -0.2) is 8.42 Å². The molecule has 0 bridgehead atoms. The molecular weight excluding hydrogens is 438 g/mol. The van der Waals surface area contributed by atoms with Crippen LogP contribution < -0.4 is 9.04 Å². The van der Waals surface area contributed by atoms with Crippen molar-refractivity contribution in [1.82, 2.24) is 0 Å². The Balaban J connectivity index is 1.64. The van der Waals surface area contributed by atoms with E-state index in [4.69, 9.17) is 9.47 Å². The third kappa shape index (κ3) is 5.09. The molecule has 1 atom stereocenters. The SMILES string of the molecule is CCc1ccc(N(CC(C)C)S(=O)(=O)c2ccc3c(c2)C(=O)C[C@@H](C2CCOCC2)O3)cc1. The number of ketones is 1. The van der Waals surface area contributed by atoms with Crippen LogP contribution in [0.1, 0.15) is 56.0 Å². The van der Waals surface area contributed by atoms with E-state index in [0.717, 1.165) is 24.8 Å². The molecule has 2 aliphatic heterocycles. The number of benzene rings is 2. The van der Waals surface area contributed by atoms with Crippen molar-refractivity contribution < 1.29 is 22.7 Å². The van der Waals surface area contributed by atoms with Crippen molar-refractivity contribution in [1.29, 1.82) is 0 Å². The highest BCUT2D eigenvalue weighted by molar-refractivity contribution is 7.92. The van der Waals surface area contributed by atoms with Gasteiger partial charge in [-0.05, 0) is 61.1 Å². The number of sulfonamides is 1. The summed E-state index contributed by atoms with van der Waals surface area (Å²) in [6, 6.07) is 12.3. The molecule has 7 heteroatoms. The molecule has 2 aromatic carbocycles. The summed E-state index contributed by atoms with van der Waals surface area (Å²) in [5, 5.41) is 0. The lowest BCUT2D eigenvalue weighted by Crippen LogP contribution is -2.37. The molecule has 1 fully saturated rings. The zero-order chi connectivity index (χ0) is 23.6. The molecule has 2 heterocycles. The highest BCUT2D eigenvalue weighted by atomic mass is 32.2. The number of carbonyl (C=O) groups excluding carboxylic acids is 1. The normalized spacial score (nSPS) is 19.3. The van der Waals surface area contributed by atoms with Crippen LogP contribution in [0, 0.1) is 11.8 Å². The molecule has 1 saturated heterocycles. The number of carbonyl (C=O) groups is 1. The summed E-state index contributed by atoms with van der Waals surface area (Å²) < 4.78 is 40.4. The van der Waals surface area contributed by atoms with Crippen LogP contribution in [0.25, 0.3) is 0 Å². The maximum absolute atomic E-state index is 13.7. The van der Waals surface area contributed by atoms with Crippen molar-refractivity contribution in [3.63, 3.8) is 0 Å². The van der Waals surface area contributed by atoms with Gasteiger partial charge in [0.25, 0.3) is 10.0 Å². The number of hydrogen-bond acceptors (Lipinski definition) is 5. The quantitative estimate of drug-likeness (QED) is 0.577. The van der Waals surface area contributed by atoms with Crippen LogP contribution in [-0.2, 0) is 21.2 Å². The van der Waals surface area contributed by atoms with Crippen molar-refractivity contribution in [3.05, 3.63) is 53.6 Å². The predicted molar refractivity (Wildman–Crippen MR) is 129 cm³/mol. The summed E-state index contributed by atoms with van der Waals surface area (Å²) in [7, 11) is -3.85. The fourth-order valence-electron chi connectivity index (χ4n) is 4.54. The molecular formula is C26H33NO5S. The Labute approximate surface area is 196 Å². The Bertz CT molecular complexity index is 1090. The van der Waals surface area contributed by atoms with Crippen LogP contribution in [0.3, 0.4) is 0 Å². The number of ether oxygens (including phenoxy) is 2. The van der Waals surface area contributed by atoms with E-state index in [9.17, 15) is 13.2 Å². The first-order valence-electron chi connectivity index (χ1n) is 11.8. The lowest BCUT2D eigenvalue weighted by molar-refractivity contribution is 0.0119. The third-order valence-corrected chi connectivity index (χ3v) is 8.25. The molecule has 0 amide bonds. The van der Waals surface area contributed by atoms with Crippen LogP contribution >= 0.6 is 0 Å². The molecule has 0 spiro atoms. The largest absolute Gasteiger partial charge is 0.489 e. The number of fused-ring (bicyclic) bond motifs is 1. The van der Waals surface area contributed by atoms with E-state index in [1.54, 1.807) is 12.1 Å². The average Bonchev–Trinajstić information content (AvgIpc) is 2.82. The van der Waals surface area contributed by atoms with Crippen molar-refractivity contribution in [2.24, 2.45) is 11.8 Å². The fourth-order valence-corrected chi connectivity index (χ4v) is 6.19. The fraction of sp³-hybridized carbons (Fsp3) is 0.500. The first-order chi connectivity index (χ1) is 15.8. The van der Waals surface area contributed by atoms with E-state index >= 15 is 0 Å². The minimum Gasteiger partial charge on any atom is -0.489 e. The van der Waals surface area contributed by atoms with E-state index in [-0.39, 0.29) is 35.0 Å². The Morgan fingerprint density at radius 2 is 1.76 bits per heavy atom. The topological polar surface area (TPSA) is 72.9 Å². The molecule has 0 aromatic heterocycles. The van der Waals surface area contributed by atoms with Gasteiger partial charge in [0.15, 0.2) is 5.78 Å². The number of Topliss-reactive ketones (excluding diaryl/α,β-unsaturated/α-hetero) is 1. The lowest BCUT2D eigenvalue weighted by atomic mass is 9.87. The van der Waals surface area contributed by atoms with E-state index in [1.807, 2.05) is 38.1 Å². The minimum absolute atomic E-state index is 0.0625. The summed E-state index contributed by atoms with van der Waals surface area (Å²) in [5.41, 5.74) is 2.13. The second-order valence-corrected chi connectivity index (χ2v) is 11.2. The van der Waals surface area contributed by atoms with Gasteiger partial charge in [-0.15, -0.1) is 0 Å². The molecule has 33 heavy (non-hydrogen) atoms. The van der Waals surface area contributed by atoms with Crippen LogP contribution in [0.4, 0.5) is 5.69 Å². The predicted octanol–water partition coefficient (Wildman–Crippen LogP) is 4.86. The Morgan fingerprint density at radius 1 is 1.06 bits per heavy atom. The van der Waals surface area contributed by atoms with Gasteiger partial charge in [-0.2, -0.15) is 0 Å². The van der Waals surface area contributed by atoms with Crippen LogP contribution in [-0.4, -0.2) is 40.1 Å². The molecule has 6 nitrogen and oxygen atoms in total. The van der Waals surface area contributed by atoms with E-state index in [2.05, 4.69) is 6.92 Å². The average molecular weight is 472 g/mol. The third-order valence-electron chi connectivity index (χ3n) is 6.46. The van der Waals surface area contributed by atoms with Crippen LogP contribution in [0.15, 0.2) is 47.4 Å².